The van der Waals surface area contributed by atoms with Crippen LogP contribution in [0.4, 0.5) is 0 Å². The molecule has 9 heteroatoms. The first-order valence-electron chi connectivity index (χ1n) is 16.2. The Labute approximate surface area is 281 Å². The molecule has 4 rings (SSSR count). The molecule has 3 aromatic carbocycles. The van der Waals surface area contributed by atoms with E-state index in [2.05, 4.69) is 91.0 Å². The van der Waals surface area contributed by atoms with Crippen LogP contribution in [0.2, 0.25) is 0 Å². The van der Waals surface area contributed by atoms with Gasteiger partial charge in [-0.25, -0.2) is 0 Å². The Morgan fingerprint density at radius 1 is 0.596 bits per heavy atom. The van der Waals surface area contributed by atoms with E-state index >= 15 is 0 Å². The number of unbranched alkanes of at least 4 members (excludes halogenated alkanes) is 7. The zero-order chi connectivity index (χ0) is 34.3. The molecule has 0 aromatic heterocycles. The Balaban J connectivity index is 0.00000111. The summed E-state index contributed by atoms with van der Waals surface area (Å²) in [6, 6.07) is 33.5. The van der Waals surface area contributed by atoms with Gasteiger partial charge < -0.3 is 9.47 Å². The molecule has 0 atom stereocenters. The molecule has 1 N–H and O–H groups in total. The number of carbonyl (C=O) groups excluding carboxylic acids is 2. The number of rotatable bonds is 16. The fourth-order valence-electron chi connectivity index (χ4n) is 6.35. The predicted octanol–water partition coefficient (Wildman–Crippen LogP) is 6.70. The Morgan fingerprint density at radius 2 is 0.936 bits per heavy atom. The molecule has 0 bridgehead atoms. The summed E-state index contributed by atoms with van der Waals surface area (Å²) in [5, 5.41) is 4.45. The molecule has 0 aliphatic heterocycles. The molecule has 7 nitrogen and oxygen atoms in total. The third kappa shape index (κ3) is 10.7. The van der Waals surface area contributed by atoms with Gasteiger partial charge in [-0.15, -0.1) is 0 Å². The number of allylic oxidation sites excluding steroid dienone is 2. The molecule has 0 spiro atoms. The summed E-state index contributed by atoms with van der Waals surface area (Å²) in [5.74, 6) is -0.419. The van der Waals surface area contributed by atoms with Crippen LogP contribution in [0.3, 0.4) is 0 Å². The monoisotopic (exact) mass is 680 g/mol. The van der Waals surface area contributed by atoms with Crippen LogP contribution in [0.15, 0.2) is 114 Å². The second kappa shape index (κ2) is 18.7. The molecule has 0 unspecified atom stereocenters. The number of Topliss-reactive ketones (excluding diaryl/α,β-unsaturated/α-hetero) is 2. The van der Waals surface area contributed by atoms with Crippen molar-refractivity contribution in [3.63, 3.8) is 0 Å². The maximum absolute atomic E-state index is 12.8. The van der Waals surface area contributed by atoms with Crippen molar-refractivity contribution in [2.24, 2.45) is 0 Å². The molecule has 3 aromatic rings. The van der Waals surface area contributed by atoms with E-state index in [1.165, 1.54) is 68.4 Å². The molecule has 47 heavy (non-hydrogen) atoms. The van der Waals surface area contributed by atoms with Crippen LogP contribution in [0.1, 0.15) is 64.7 Å². The van der Waals surface area contributed by atoms with Gasteiger partial charge in [0.2, 0.25) is 17.3 Å². The van der Waals surface area contributed by atoms with Crippen LogP contribution in [-0.2, 0) is 29.2 Å². The first-order chi connectivity index (χ1) is 22.5. The normalized spacial score (nSPS) is 14.1. The van der Waals surface area contributed by atoms with Crippen molar-refractivity contribution >= 4 is 44.9 Å². The zero-order valence-electron chi connectivity index (χ0n) is 28.0. The predicted molar refractivity (Wildman–Crippen MR) is 194 cm³/mol. The molecular formula is C38H49O7PS. The van der Waals surface area contributed by atoms with Gasteiger partial charge in [0.15, 0.2) is 0 Å². The summed E-state index contributed by atoms with van der Waals surface area (Å²) >= 11 is 0. The van der Waals surface area contributed by atoms with E-state index in [-0.39, 0.29) is 23.1 Å². The molecule has 0 amide bonds. The smallest absolute Gasteiger partial charge is 0.286 e. The summed E-state index contributed by atoms with van der Waals surface area (Å²) < 4.78 is 36.2. The van der Waals surface area contributed by atoms with Crippen molar-refractivity contribution in [3.8, 4) is 0 Å². The van der Waals surface area contributed by atoms with Gasteiger partial charge in [0, 0.05) is 0 Å². The van der Waals surface area contributed by atoms with Crippen LogP contribution < -0.4 is 15.9 Å². The van der Waals surface area contributed by atoms with E-state index in [1.807, 2.05) is 0 Å². The average molecular weight is 681 g/mol. The molecule has 0 saturated heterocycles. The molecule has 0 fully saturated rings. The molecule has 254 valence electrons. The third-order valence-corrected chi connectivity index (χ3v) is 13.7. The van der Waals surface area contributed by atoms with E-state index in [4.69, 9.17) is 14.0 Å². The first kappa shape index (κ1) is 37.9. The van der Waals surface area contributed by atoms with Gasteiger partial charge in [0.1, 0.15) is 0 Å². The van der Waals surface area contributed by atoms with Gasteiger partial charge in [0.25, 0.3) is 10.1 Å². The molecule has 0 radical (unpaired) electrons. The van der Waals surface area contributed by atoms with Crippen LogP contribution >= 0.6 is 7.26 Å². The first-order valence-corrected chi connectivity index (χ1v) is 20.3. The second-order valence-electron chi connectivity index (χ2n) is 11.9. The SMILES string of the molecule is COC1=C(OC)C(=O)C(CCCCCCCCCC[PH](c2ccccc2)(c2ccccc2)c2ccccc2)=C(C)C1=O.CS(=O)(=O)O. The number of hydrogen-bond donors (Lipinski definition) is 1. The van der Waals surface area contributed by atoms with Gasteiger partial charge in [-0.1, -0.05) is 0 Å². The number of benzene rings is 3. The Kier molecular flexibility index (Phi) is 15.1. The summed E-state index contributed by atoms with van der Waals surface area (Å²) in [4.78, 5) is 25.4. The number of methoxy groups -OCH3 is 2. The van der Waals surface area contributed by atoms with Crippen LogP contribution in [-0.4, -0.2) is 51.2 Å². The number of hydrogen-bond acceptors (Lipinski definition) is 6. The minimum atomic E-state index is -3.67. The van der Waals surface area contributed by atoms with E-state index in [0.717, 1.165) is 19.3 Å². The van der Waals surface area contributed by atoms with Crippen LogP contribution in [0.5, 0.6) is 0 Å². The standard InChI is InChI=1S/C37H45O4P.CH4O3S/c1-29-33(35(39)37(41-3)36(40-2)34(29)38)27-19-8-6-4-5-7-9-20-28-42(30-21-13-10-14-22-30,31-23-15-11-16-24-31)32-25-17-12-18-26-32;1-5(2,3)4/h10-18,21-26,42H,4-9,19-20,27-28H2,1-3H3;1H3,(H,2,3,4). The van der Waals surface area contributed by atoms with Crippen molar-refractivity contribution in [2.45, 2.75) is 64.7 Å². The molecule has 0 heterocycles. The fraction of sp³-hybridized carbons (Fsp3) is 0.368. The van der Waals surface area contributed by atoms with Crippen LogP contribution in [0.25, 0.3) is 0 Å². The van der Waals surface area contributed by atoms with E-state index < -0.39 is 17.4 Å². The summed E-state index contributed by atoms with van der Waals surface area (Å²) in [6.07, 6.45) is 11.7. The minimum Gasteiger partial charge on any atom is -0.286 e. The van der Waals surface area contributed by atoms with Gasteiger partial charge in [0.05, 0.1) is 20.5 Å². The Hall–Kier alpha value is -3.58. The fourth-order valence-corrected chi connectivity index (χ4v) is 11.3. The molecule has 1 aliphatic rings. The van der Waals surface area contributed by atoms with Crippen molar-refractivity contribution in [1.29, 1.82) is 0 Å². The number of ether oxygens (including phenoxy) is 2. The van der Waals surface area contributed by atoms with Gasteiger partial charge in [-0.2, -0.15) is 8.42 Å². The summed E-state index contributed by atoms with van der Waals surface area (Å²) in [5.41, 5.74) is 1.05. The van der Waals surface area contributed by atoms with Crippen molar-refractivity contribution in [3.05, 3.63) is 114 Å². The molecular weight excluding hydrogens is 631 g/mol. The maximum atomic E-state index is 12.8. The molecule has 0 saturated carbocycles. The van der Waals surface area contributed by atoms with E-state index in [0.29, 0.717) is 23.8 Å². The quantitative estimate of drug-likeness (QED) is 0.0777. The van der Waals surface area contributed by atoms with Gasteiger partial charge in [-0.05, 0) is 6.92 Å². The van der Waals surface area contributed by atoms with E-state index in [9.17, 15) is 18.0 Å². The topological polar surface area (TPSA) is 107 Å². The second-order valence-corrected chi connectivity index (χ2v) is 17.4. The summed E-state index contributed by atoms with van der Waals surface area (Å²) in [6.45, 7) is 1.71. The number of carbonyl (C=O) groups is 2. The third-order valence-electron chi connectivity index (χ3n) is 8.62. The van der Waals surface area contributed by atoms with E-state index in [1.54, 1.807) is 6.92 Å². The zero-order valence-corrected chi connectivity index (χ0v) is 29.9. The van der Waals surface area contributed by atoms with Crippen LogP contribution in [0, 0.1) is 0 Å². The number of ketones is 2. The Morgan fingerprint density at radius 3 is 1.32 bits per heavy atom. The Bertz CT molecular complexity index is 1510. The van der Waals surface area contributed by atoms with Crippen molar-refractivity contribution < 1.29 is 32.0 Å². The van der Waals surface area contributed by atoms with Crippen molar-refractivity contribution in [1.82, 2.24) is 0 Å². The molecule has 1 aliphatic carbocycles. The summed E-state index contributed by atoms with van der Waals surface area (Å²) in [7, 11) is -3.00. The average Bonchev–Trinajstić information content (AvgIpc) is 3.07. The van der Waals surface area contributed by atoms with Gasteiger partial charge >= 0.3 is 195 Å². The van der Waals surface area contributed by atoms with Gasteiger partial charge in [-0.3, -0.25) is 14.1 Å². The van der Waals surface area contributed by atoms with Crippen molar-refractivity contribution in [2.75, 3.05) is 26.6 Å². The minimum absolute atomic E-state index is 0.0139.